The molecule has 0 rings (SSSR count). The first-order valence-corrected chi connectivity index (χ1v) is 20.2. The number of thioether (sulfide) groups is 4. The highest BCUT2D eigenvalue weighted by molar-refractivity contribution is 8.24. The maximum atomic E-state index is 12.2. The molecule has 20 heteroatoms. The van der Waals surface area contributed by atoms with Gasteiger partial charge < -0.3 is 37.9 Å². The zero-order valence-corrected chi connectivity index (χ0v) is 35.2. The zero-order valence-electron chi connectivity index (χ0n) is 28.6. The van der Waals surface area contributed by atoms with Gasteiger partial charge in [-0.15, -0.1) is 0 Å². The van der Waals surface area contributed by atoms with Crippen LogP contribution in [0.3, 0.4) is 0 Å². The van der Waals surface area contributed by atoms with Gasteiger partial charge in [-0.05, 0) is 104 Å². The van der Waals surface area contributed by atoms with Crippen molar-refractivity contribution in [1.82, 2.24) is 0 Å². The van der Waals surface area contributed by atoms with Crippen LogP contribution in [0.25, 0.3) is 0 Å². The third kappa shape index (κ3) is 21.1. The lowest BCUT2D eigenvalue weighted by molar-refractivity contribution is -0.143. The van der Waals surface area contributed by atoms with Crippen molar-refractivity contribution in [3.05, 3.63) is 0 Å². The second-order valence-corrected chi connectivity index (χ2v) is 17.5. The average Bonchev–Trinajstić information content (AvgIpc) is 3.04. The molecule has 0 amide bonds. The molecule has 0 saturated heterocycles. The van der Waals surface area contributed by atoms with E-state index in [4.69, 9.17) is 86.8 Å². The molecule has 49 heavy (non-hydrogen) atoms. The molecule has 4 atom stereocenters. The van der Waals surface area contributed by atoms with Crippen molar-refractivity contribution in [2.45, 2.75) is 76.4 Å². The van der Waals surface area contributed by atoms with E-state index in [9.17, 15) is 19.2 Å². The monoisotopic (exact) mass is 840 g/mol. The Morgan fingerprint density at radius 2 is 0.612 bits per heavy atom. The summed E-state index contributed by atoms with van der Waals surface area (Å²) in [5.74, 6) is -1.86. The highest BCUT2D eigenvalue weighted by atomic mass is 32.2. The van der Waals surface area contributed by atoms with Crippen LogP contribution < -0.4 is 0 Å². The molecule has 0 fully saturated rings. The minimum atomic E-state index is -1.23. The number of esters is 4. The van der Waals surface area contributed by atoms with Crippen LogP contribution in [0.5, 0.6) is 0 Å². The minimum Gasteiger partial charge on any atom is -0.478 e. The molecule has 0 aromatic heterocycles. The molecule has 4 unspecified atom stereocenters. The average molecular weight is 841 g/mol. The summed E-state index contributed by atoms with van der Waals surface area (Å²) in [5.41, 5.74) is -1.23. The number of hydrogen-bond acceptors (Lipinski definition) is 20. The molecule has 0 aromatic carbocycles. The van der Waals surface area contributed by atoms with Gasteiger partial charge in [0.2, 0.25) is 17.5 Å². The minimum absolute atomic E-state index is 0.0265. The van der Waals surface area contributed by atoms with Gasteiger partial charge in [0.1, 0.15) is 52.8 Å². The highest BCUT2D eigenvalue weighted by Gasteiger charge is 2.38. The number of rotatable bonds is 20. The first-order chi connectivity index (χ1) is 23.0. The van der Waals surface area contributed by atoms with Crippen molar-refractivity contribution in [3.63, 3.8) is 0 Å². The molecule has 280 valence electrons. The van der Waals surface area contributed by atoms with Crippen LogP contribution in [0, 0.1) is 5.41 Å². The fraction of sp³-hybridized carbons (Fsp3) is 0.724. The number of hydrogen-bond donors (Lipinski definition) is 0. The third-order valence-corrected chi connectivity index (χ3v) is 10.6. The molecular formula is C29H44O12S8. The van der Waals surface area contributed by atoms with Crippen LogP contribution in [0.2, 0.25) is 0 Å². The van der Waals surface area contributed by atoms with Gasteiger partial charge in [-0.3, -0.25) is 19.2 Å². The van der Waals surface area contributed by atoms with Gasteiger partial charge in [0, 0.05) is 0 Å². The SMILES string of the molecule is CCOC(=O)C(C)SC(=S)OCC(COC(=S)SC(C)C(=O)OCC)(COC(=S)SC(C)C(=O)OCC)COC(=S)SC(C)C(=O)OCC. The van der Waals surface area contributed by atoms with Gasteiger partial charge in [0.15, 0.2) is 0 Å². The number of thiocarbonyl (C=S) groups is 4. The van der Waals surface area contributed by atoms with Crippen molar-refractivity contribution in [3.8, 4) is 0 Å². The van der Waals surface area contributed by atoms with Crippen molar-refractivity contribution in [2.24, 2.45) is 5.41 Å². The van der Waals surface area contributed by atoms with Crippen molar-refractivity contribution in [1.29, 1.82) is 0 Å². The van der Waals surface area contributed by atoms with Gasteiger partial charge in [0.05, 0.1) is 26.4 Å². The molecule has 0 aromatic rings. The topological polar surface area (TPSA) is 142 Å². The molecule has 0 heterocycles. The second-order valence-electron chi connectivity index (χ2n) is 9.70. The standard InChI is InChI=1S/C29H44O12S8/c1-9-34-21(30)17(5)46-25(42)38-13-29(14-39-26(43)47-18(6)22(31)35-10-2,15-40-27(44)48-19(7)23(32)36-11-3)16-41-28(45)49-20(8)24(33)37-12-4/h17-20H,9-16H2,1-8H3. The fourth-order valence-electron chi connectivity index (χ4n) is 3.04. The van der Waals surface area contributed by atoms with E-state index in [1.165, 1.54) is 0 Å². The molecule has 0 N–H and O–H groups in total. The Balaban J connectivity index is 6.22. The summed E-state index contributed by atoms with van der Waals surface area (Å²) in [5, 5.41) is -2.61. The van der Waals surface area contributed by atoms with Crippen LogP contribution in [0.4, 0.5) is 0 Å². The molecule has 0 aliphatic carbocycles. The predicted molar refractivity (Wildman–Crippen MR) is 211 cm³/mol. The Labute approximate surface area is 326 Å². The largest absolute Gasteiger partial charge is 0.478 e. The highest BCUT2D eigenvalue weighted by Crippen LogP contribution is 2.29. The first kappa shape index (κ1) is 47.8. The Bertz CT molecular complexity index is 965. The van der Waals surface area contributed by atoms with Crippen LogP contribution in [-0.2, 0) is 57.1 Å². The lowest BCUT2D eigenvalue weighted by Crippen LogP contribution is -2.43. The smallest absolute Gasteiger partial charge is 0.319 e. The molecule has 0 aliphatic rings. The Morgan fingerprint density at radius 1 is 0.429 bits per heavy atom. The molecule has 0 bridgehead atoms. The summed E-state index contributed by atoms with van der Waals surface area (Å²) in [4.78, 5) is 48.7. The van der Waals surface area contributed by atoms with Gasteiger partial charge >= 0.3 is 23.9 Å². The zero-order chi connectivity index (χ0) is 37.6. The van der Waals surface area contributed by atoms with E-state index < -0.39 is 50.3 Å². The third-order valence-electron chi connectivity index (χ3n) is 5.55. The van der Waals surface area contributed by atoms with Gasteiger partial charge in [0.25, 0.3) is 0 Å². The molecule has 12 nitrogen and oxygen atoms in total. The van der Waals surface area contributed by atoms with Crippen LogP contribution in [0.1, 0.15) is 55.4 Å². The molecule has 0 spiro atoms. The first-order valence-electron chi connectivity index (χ1n) is 15.0. The summed E-state index contributed by atoms with van der Waals surface area (Å²) in [7, 11) is 0. The van der Waals surface area contributed by atoms with Gasteiger partial charge in [-0.1, -0.05) is 47.0 Å². The summed E-state index contributed by atoms with van der Waals surface area (Å²) in [6.07, 6.45) is 0. The van der Waals surface area contributed by atoms with E-state index in [0.717, 1.165) is 47.0 Å². The molecule has 0 saturated carbocycles. The van der Waals surface area contributed by atoms with E-state index in [0.29, 0.717) is 0 Å². The lowest BCUT2D eigenvalue weighted by Gasteiger charge is -2.33. The second kappa shape index (κ2) is 26.6. The fourth-order valence-corrected chi connectivity index (χ4v) is 7.33. The van der Waals surface area contributed by atoms with E-state index in [-0.39, 0.29) is 70.4 Å². The van der Waals surface area contributed by atoms with Crippen LogP contribution in [-0.4, -0.2) is 115 Å². The Morgan fingerprint density at radius 3 is 0.776 bits per heavy atom. The number of carbonyl (C=O) groups excluding carboxylic acids is 4. The summed E-state index contributed by atoms with van der Waals surface area (Å²) in [6.45, 7) is 13.3. The maximum Gasteiger partial charge on any atom is 0.319 e. The van der Waals surface area contributed by atoms with Gasteiger partial charge in [-0.2, -0.15) is 0 Å². The van der Waals surface area contributed by atoms with Crippen LogP contribution >= 0.6 is 95.9 Å². The summed E-state index contributed by atoms with van der Waals surface area (Å²) >= 11 is 25.5. The summed E-state index contributed by atoms with van der Waals surface area (Å²) < 4.78 is 44.0. The quantitative estimate of drug-likeness (QED) is 0.0813. The van der Waals surface area contributed by atoms with Crippen molar-refractivity contribution >= 4 is 137 Å². The van der Waals surface area contributed by atoms with E-state index >= 15 is 0 Å². The number of carbonyl (C=O) groups is 4. The molecular weight excluding hydrogens is 797 g/mol. The van der Waals surface area contributed by atoms with E-state index in [2.05, 4.69) is 0 Å². The van der Waals surface area contributed by atoms with Crippen molar-refractivity contribution < 1.29 is 57.1 Å². The van der Waals surface area contributed by atoms with E-state index in [1.807, 2.05) is 0 Å². The molecule has 0 radical (unpaired) electrons. The lowest BCUT2D eigenvalue weighted by atomic mass is 9.92. The Kier molecular flexibility index (Phi) is 26.0. The summed E-state index contributed by atoms with van der Waals surface area (Å²) in [6, 6.07) is 0. The van der Waals surface area contributed by atoms with Crippen LogP contribution in [0.15, 0.2) is 0 Å². The van der Waals surface area contributed by atoms with E-state index in [1.54, 1.807) is 55.4 Å². The predicted octanol–water partition coefficient (Wildman–Crippen LogP) is 5.92. The normalized spacial score (nSPS) is 14.4. The number of ether oxygens (including phenoxy) is 8. The molecule has 0 aliphatic heterocycles. The van der Waals surface area contributed by atoms with Crippen molar-refractivity contribution in [2.75, 3.05) is 52.9 Å². The Hall–Kier alpha value is -1.16. The maximum absolute atomic E-state index is 12.2. The van der Waals surface area contributed by atoms with Gasteiger partial charge in [-0.25, -0.2) is 0 Å².